The zero-order chi connectivity index (χ0) is 10.1. The Bertz CT molecular complexity index is 293. The smallest absolute Gasteiger partial charge is 0.306 e. The van der Waals surface area contributed by atoms with Gasteiger partial charge < -0.3 is 5.11 Å². The third-order valence-electron chi connectivity index (χ3n) is 2.59. The molecule has 0 aromatic heterocycles. The van der Waals surface area contributed by atoms with E-state index in [0.717, 1.165) is 0 Å². The molecule has 0 radical (unpaired) electrons. The Morgan fingerprint density at radius 1 is 1.54 bits per heavy atom. The largest absolute Gasteiger partial charge is 0.481 e. The normalized spacial score (nSPS) is 29.5. The van der Waals surface area contributed by atoms with Crippen LogP contribution < -0.4 is 0 Å². The van der Waals surface area contributed by atoms with Gasteiger partial charge in [0.05, 0.1) is 17.4 Å². The number of carboxylic acid groups (broad SMARTS) is 1. The molecule has 0 spiro atoms. The van der Waals surface area contributed by atoms with Crippen LogP contribution in [0.1, 0.15) is 19.8 Å². The molecule has 1 aliphatic heterocycles. The third kappa shape index (κ3) is 2.69. The highest BCUT2D eigenvalue weighted by molar-refractivity contribution is 7.91. The van der Waals surface area contributed by atoms with Crippen molar-refractivity contribution < 1.29 is 18.3 Å². The lowest BCUT2D eigenvalue weighted by Crippen LogP contribution is -2.32. The van der Waals surface area contributed by atoms with Crippen LogP contribution in [0.4, 0.5) is 0 Å². The number of aliphatic carboxylic acids is 1. The summed E-state index contributed by atoms with van der Waals surface area (Å²) in [5.74, 6) is -1.38. The summed E-state index contributed by atoms with van der Waals surface area (Å²) in [6.07, 6.45) is 1.32. The Morgan fingerprint density at radius 2 is 2.15 bits per heavy atom. The molecular weight excluding hydrogens is 192 g/mol. The summed E-state index contributed by atoms with van der Waals surface area (Å²) in [6, 6.07) is 0. The quantitative estimate of drug-likeness (QED) is 0.715. The number of carboxylic acids is 1. The summed E-state index contributed by atoms with van der Waals surface area (Å²) in [7, 11) is -2.97. The number of hydrogen-bond acceptors (Lipinski definition) is 3. The number of hydrogen-bond donors (Lipinski definition) is 1. The lowest BCUT2D eigenvalue weighted by molar-refractivity contribution is -0.142. The lowest BCUT2D eigenvalue weighted by atomic mass is 9.91. The highest BCUT2D eigenvalue weighted by atomic mass is 32.2. The zero-order valence-corrected chi connectivity index (χ0v) is 8.38. The maximum Gasteiger partial charge on any atom is 0.306 e. The maximum absolute atomic E-state index is 11.2. The summed E-state index contributed by atoms with van der Waals surface area (Å²) in [4.78, 5) is 10.6. The average Bonchev–Trinajstić information content (AvgIpc) is 2.01. The van der Waals surface area contributed by atoms with Gasteiger partial charge in [-0.1, -0.05) is 6.92 Å². The van der Waals surface area contributed by atoms with E-state index in [4.69, 9.17) is 5.11 Å². The van der Waals surface area contributed by atoms with Gasteiger partial charge in [0, 0.05) is 0 Å². The van der Waals surface area contributed by atoms with E-state index in [1.807, 2.05) is 0 Å². The third-order valence-corrected chi connectivity index (χ3v) is 4.44. The van der Waals surface area contributed by atoms with E-state index in [1.54, 1.807) is 6.92 Å². The Morgan fingerprint density at radius 3 is 2.62 bits per heavy atom. The van der Waals surface area contributed by atoms with Crippen molar-refractivity contribution in [2.75, 3.05) is 11.5 Å². The Balaban J connectivity index is 2.67. The first-order chi connectivity index (χ1) is 5.92. The fraction of sp³-hybridized carbons (Fsp3) is 0.875. The van der Waals surface area contributed by atoms with Crippen molar-refractivity contribution in [2.24, 2.45) is 11.8 Å². The highest BCUT2D eigenvalue weighted by Gasteiger charge is 2.31. The van der Waals surface area contributed by atoms with Crippen molar-refractivity contribution in [1.82, 2.24) is 0 Å². The van der Waals surface area contributed by atoms with E-state index < -0.39 is 21.7 Å². The van der Waals surface area contributed by atoms with Gasteiger partial charge in [-0.15, -0.1) is 0 Å². The Kier molecular flexibility index (Phi) is 2.95. The van der Waals surface area contributed by atoms with Crippen LogP contribution in [0.15, 0.2) is 0 Å². The molecule has 2 unspecified atom stereocenters. The summed E-state index contributed by atoms with van der Waals surface area (Å²) < 4.78 is 22.4. The van der Waals surface area contributed by atoms with E-state index in [2.05, 4.69) is 0 Å². The van der Waals surface area contributed by atoms with E-state index in [1.165, 1.54) is 0 Å². The van der Waals surface area contributed by atoms with Gasteiger partial charge >= 0.3 is 5.97 Å². The molecule has 76 valence electrons. The van der Waals surface area contributed by atoms with Crippen molar-refractivity contribution in [2.45, 2.75) is 19.8 Å². The van der Waals surface area contributed by atoms with Gasteiger partial charge in [-0.05, 0) is 18.8 Å². The zero-order valence-electron chi connectivity index (χ0n) is 7.56. The van der Waals surface area contributed by atoms with Crippen LogP contribution in [0.5, 0.6) is 0 Å². The van der Waals surface area contributed by atoms with Gasteiger partial charge in [0.25, 0.3) is 0 Å². The molecule has 5 heteroatoms. The van der Waals surface area contributed by atoms with Crippen LogP contribution in [0.3, 0.4) is 0 Å². The second-order valence-corrected chi connectivity index (χ2v) is 5.87. The lowest BCUT2D eigenvalue weighted by Gasteiger charge is -2.24. The van der Waals surface area contributed by atoms with Crippen molar-refractivity contribution in [3.05, 3.63) is 0 Å². The predicted octanol–water partition coefficient (Wildman–Crippen LogP) is 0.532. The van der Waals surface area contributed by atoms with Gasteiger partial charge in [0.15, 0.2) is 9.84 Å². The molecule has 0 bridgehead atoms. The minimum absolute atomic E-state index is 0.0421. The summed E-state index contributed by atoms with van der Waals surface area (Å²) >= 11 is 0. The van der Waals surface area contributed by atoms with Gasteiger partial charge in [-0.25, -0.2) is 8.42 Å². The minimum Gasteiger partial charge on any atom is -0.481 e. The molecular formula is C8H14O4S. The first kappa shape index (κ1) is 10.5. The molecule has 0 aliphatic carbocycles. The number of rotatable bonds is 2. The molecule has 1 aliphatic rings. The van der Waals surface area contributed by atoms with E-state index in [-0.39, 0.29) is 17.4 Å². The summed E-state index contributed by atoms with van der Waals surface area (Å²) in [5.41, 5.74) is 0. The standard InChI is InChI=1S/C8H14O4S/c1-6(8(9)10)7-3-2-4-13(11,12)5-7/h6-7H,2-5H2,1H3,(H,9,10). The van der Waals surface area contributed by atoms with E-state index in [9.17, 15) is 13.2 Å². The molecule has 13 heavy (non-hydrogen) atoms. The molecule has 0 aromatic carbocycles. The van der Waals surface area contributed by atoms with Crippen molar-refractivity contribution in [3.63, 3.8) is 0 Å². The van der Waals surface area contributed by atoms with Gasteiger partial charge in [0.2, 0.25) is 0 Å². The number of carbonyl (C=O) groups is 1. The fourth-order valence-electron chi connectivity index (χ4n) is 1.65. The van der Waals surface area contributed by atoms with E-state index >= 15 is 0 Å². The van der Waals surface area contributed by atoms with E-state index in [0.29, 0.717) is 12.8 Å². The van der Waals surface area contributed by atoms with Crippen LogP contribution in [0.25, 0.3) is 0 Å². The molecule has 1 saturated heterocycles. The van der Waals surface area contributed by atoms with Crippen LogP contribution >= 0.6 is 0 Å². The first-order valence-electron chi connectivity index (χ1n) is 4.35. The van der Waals surface area contributed by atoms with Crippen molar-refractivity contribution >= 4 is 15.8 Å². The van der Waals surface area contributed by atoms with Gasteiger partial charge in [-0.2, -0.15) is 0 Å². The SMILES string of the molecule is CC(C(=O)O)C1CCCS(=O)(=O)C1. The fourth-order valence-corrected chi connectivity index (χ4v) is 3.54. The second kappa shape index (κ2) is 3.65. The monoisotopic (exact) mass is 206 g/mol. The van der Waals surface area contributed by atoms with Crippen LogP contribution in [0, 0.1) is 11.8 Å². The van der Waals surface area contributed by atoms with Crippen molar-refractivity contribution in [1.29, 1.82) is 0 Å². The first-order valence-corrected chi connectivity index (χ1v) is 6.18. The van der Waals surface area contributed by atoms with Crippen LogP contribution in [-0.2, 0) is 14.6 Å². The molecule has 2 atom stereocenters. The topological polar surface area (TPSA) is 71.4 Å². The molecule has 4 nitrogen and oxygen atoms in total. The van der Waals surface area contributed by atoms with Crippen LogP contribution in [-0.4, -0.2) is 31.0 Å². The predicted molar refractivity (Wildman–Crippen MR) is 48.2 cm³/mol. The molecule has 1 fully saturated rings. The maximum atomic E-state index is 11.2. The summed E-state index contributed by atoms with van der Waals surface area (Å²) in [6.45, 7) is 1.58. The Labute approximate surface area is 77.9 Å². The molecule has 0 amide bonds. The minimum atomic E-state index is -2.97. The molecule has 0 saturated carbocycles. The average molecular weight is 206 g/mol. The second-order valence-electron chi connectivity index (χ2n) is 3.64. The Hall–Kier alpha value is -0.580. The van der Waals surface area contributed by atoms with Gasteiger partial charge in [0.1, 0.15) is 0 Å². The van der Waals surface area contributed by atoms with Crippen LogP contribution in [0.2, 0.25) is 0 Å². The highest BCUT2D eigenvalue weighted by Crippen LogP contribution is 2.25. The molecule has 1 heterocycles. The molecule has 0 aromatic rings. The molecule has 1 N–H and O–H groups in total. The summed E-state index contributed by atoms with van der Waals surface area (Å²) in [5, 5.41) is 8.71. The van der Waals surface area contributed by atoms with Gasteiger partial charge in [-0.3, -0.25) is 4.79 Å². The number of sulfone groups is 1. The molecule has 1 rings (SSSR count). The van der Waals surface area contributed by atoms with Crippen molar-refractivity contribution in [3.8, 4) is 0 Å².